The Kier molecular flexibility index (Phi) is 8.38. The van der Waals surface area contributed by atoms with Crippen LogP contribution in [0.3, 0.4) is 0 Å². The van der Waals surface area contributed by atoms with Crippen LogP contribution in [-0.4, -0.2) is 23.3 Å². The summed E-state index contributed by atoms with van der Waals surface area (Å²) < 4.78 is 4.95. The lowest BCUT2D eigenvalue weighted by Gasteiger charge is -2.11. The molecule has 1 atom stereocenters. The molecule has 3 nitrogen and oxygen atoms in total. The fraction of sp³-hybridized carbons (Fsp3) is 0.917. The fourth-order valence-electron chi connectivity index (χ4n) is 1.41. The summed E-state index contributed by atoms with van der Waals surface area (Å²) in [4.78, 5) is 11.2. The zero-order valence-corrected chi connectivity index (χ0v) is 10.2. The van der Waals surface area contributed by atoms with Crippen molar-refractivity contribution in [2.45, 2.75) is 71.5 Å². The summed E-state index contributed by atoms with van der Waals surface area (Å²) in [6.07, 6.45) is 4.71. The summed E-state index contributed by atoms with van der Waals surface area (Å²) in [6, 6.07) is 0. The Morgan fingerprint density at radius 2 is 1.93 bits per heavy atom. The van der Waals surface area contributed by atoms with Gasteiger partial charge >= 0.3 is 5.97 Å². The Labute approximate surface area is 92.8 Å². The van der Waals surface area contributed by atoms with Crippen molar-refractivity contribution < 1.29 is 14.6 Å². The number of carbonyl (C=O) groups is 1. The van der Waals surface area contributed by atoms with E-state index in [1.54, 1.807) is 0 Å². The molecule has 0 aromatic carbocycles. The van der Waals surface area contributed by atoms with Gasteiger partial charge in [0, 0.05) is 0 Å². The molecule has 90 valence electrons. The molecule has 0 saturated carbocycles. The molecule has 0 aromatic rings. The van der Waals surface area contributed by atoms with Crippen molar-refractivity contribution in [3.8, 4) is 0 Å². The normalized spacial score (nSPS) is 12.9. The van der Waals surface area contributed by atoms with Crippen LogP contribution in [0.2, 0.25) is 0 Å². The second-order valence-electron chi connectivity index (χ2n) is 4.25. The molecule has 0 aliphatic rings. The number of aliphatic hydroxyl groups is 1. The highest BCUT2D eigenvalue weighted by atomic mass is 16.5. The first-order valence-corrected chi connectivity index (χ1v) is 5.93. The minimum absolute atomic E-state index is 0.0928. The van der Waals surface area contributed by atoms with Crippen LogP contribution in [0.25, 0.3) is 0 Å². The van der Waals surface area contributed by atoms with Gasteiger partial charge in [0.25, 0.3) is 0 Å². The number of carbonyl (C=O) groups excluding carboxylic acids is 1. The van der Waals surface area contributed by atoms with E-state index in [1.165, 1.54) is 12.8 Å². The van der Waals surface area contributed by atoms with Crippen molar-refractivity contribution in [2.24, 2.45) is 0 Å². The van der Waals surface area contributed by atoms with Gasteiger partial charge in [-0.3, -0.25) is 4.79 Å². The molecule has 0 unspecified atom stereocenters. The van der Waals surface area contributed by atoms with E-state index >= 15 is 0 Å². The number of ether oxygens (including phenoxy) is 1. The topological polar surface area (TPSA) is 46.5 Å². The van der Waals surface area contributed by atoms with Crippen LogP contribution in [0, 0.1) is 0 Å². The van der Waals surface area contributed by atoms with Gasteiger partial charge in [0.15, 0.2) is 0 Å². The first-order valence-electron chi connectivity index (χ1n) is 5.93. The molecule has 0 fully saturated rings. The molecule has 15 heavy (non-hydrogen) atoms. The van der Waals surface area contributed by atoms with Crippen LogP contribution in [0.15, 0.2) is 0 Å². The van der Waals surface area contributed by atoms with Crippen LogP contribution < -0.4 is 0 Å². The summed E-state index contributed by atoms with van der Waals surface area (Å²) in [6.45, 7) is 5.77. The van der Waals surface area contributed by atoms with Crippen molar-refractivity contribution in [3.05, 3.63) is 0 Å². The second-order valence-corrected chi connectivity index (χ2v) is 4.25. The van der Waals surface area contributed by atoms with Crippen molar-refractivity contribution in [1.82, 2.24) is 0 Å². The summed E-state index contributed by atoms with van der Waals surface area (Å²) in [5.74, 6) is -0.298. The third kappa shape index (κ3) is 9.73. The highest BCUT2D eigenvalue weighted by molar-refractivity contribution is 5.70. The van der Waals surface area contributed by atoms with Gasteiger partial charge in [0.2, 0.25) is 0 Å². The smallest absolute Gasteiger partial charge is 0.308 e. The van der Waals surface area contributed by atoms with E-state index in [4.69, 9.17) is 4.74 Å². The molecule has 0 aliphatic heterocycles. The van der Waals surface area contributed by atoms with Gasteiger partial charge < -0.3 is 9.84 Å². The Bertz CT molecular complexity index is 166. The van der Waals surface area contributed by atoms with Crippen LogP contribution in [-0.2, 0) is 9.53 Å². The van der Waals surface area contributed by atoms with Gasteiger partial charge in [0.05, 0.1) is 18.6 Å². The molecular weight excluding hydrogens is 192 g/mol. The Balaban J connectivity index is 3.46. The van der Waals surface area contributed by atoms with E-state index in [-0.39, 0.29) is 18.5 Å². The SMILES string of the molecule is CCCCCC[C@@H](O)CC(=O)OC(C)C. The summed E-state index contributed by atoms with van der Waals surface area (Å²) in [5, 5.41) is 9.53. The standard InChI is InChI=1S/C12H24O3/c1-4-5-6-7-8-11(13)9-12(14)15-10(2)3/h10-11,13H,4-9H2,1-3H3/t11-/m1/s1. The molecule has 0 saturated heterocycles. The van der Waals surface area contributed by atoms with Gasteiger partial charge in [-0.1, -0.05) is 32.6 Å². The molecule has 0 aliphatic carbocycles. The average Bonchev–Trinajstić information content (AvgIpc) is 2.10. The van der Waals surface area contributed by atoms with Crippen LogP contribution in [0.4, 0.5) is 0 Å². The number of rotatable bonds is 8. The molecule has 0 aromatic heterocycles. The molecule has 1 N–H and O–H groups in total. The molecular formula is C12H24O3. The Morgan fingerprint density at radius 3 is 2.47 bits per heavy atom. The minimum atomic E-state index is -0.534. The number of aliphatic hydroxyl groups excluding tert-OH is 1. The van der Waals surface area contributed by atoms with Gasteiger partial charge in [-0.25, -0.2) is 0 Å². The van der Waals surface area contributed by atoms with E-state index in [9.17, 15) is 9.90 Å². The maximum atomic E-state index is 11.2. The zero-order valence-electron chi connectivity index (χ0n) is 10.2. The molecule has 0 bridgehead atoms. The predicted octanol–water partition coefficient (Wildman–Crippen LogP) is 2.66. The number of esters is 1. The van der Waals surface area contributed by atoms with Crippen molar-refractivity contribution in [2.75, 3.05) is 0 Å². The molecule has 0 rings (SSSR count). The average molecular weight is 216 g/mol. The molecule has 3 heteroatoms. The summed E-state index contributed by atoms with van der Waals surface area (Å²) in [7, 11) is 0. The van der Waals surface area contributed by atoms with E-state index in [2.05, 4.69) is 6.92 Å². The predicted molar refractivity (Wildman–Crippen MR) is 60.6 cm³/mol. The third-order valence-electron chi connectivity index (χ3n) is 2.16. The van der Waals surface area contributed by atoms with Crippen molar-refractivity contribution in [1.29, 1.82) is 0 Å². The van der Waals surface area contributed by atoms with E-state index in [1.807, 2.05) is 13.8 Å². The van der Waals surface area contributed by atoms with Crippen molar-refractivity contribution >= 4 is 5.97 Å². The lowest BCUT2D eigenvalue weighted by Crippen LogP contribution is -2.18. The zero-order chi connectivity index (χ0) is 11.7. The largest absolute Gasteiger partial charge is 0.463 e. The monoisotopic (exact) mass is 216 g/mol. The second kappa shape index (κ2) is 8.72. The van der Waals surface area contributed by atoms with E-state index < -0.39 is 6.10 Å². The van der Waals surface area contributed by atoms with Crippen LogP contribution >= 0.6 is 0 Å². The van der Waals surface area contributed by atoms with Gasteiger partial charge in [-0.05, 0) is 20.3 Å². The molecule has 0 heterocycles. The minimum Gasteiger partial charge on any atom is -0.463 e. The van der Waals surface area contributed by atoms with Gasteiger partial charge in [0.1, 0.15) is 0 Å². The molecule has 0 amide bonds. The van der Waals surface area contributed by atoms with E-state index in [0.717, 1.165) is 12.8 Å². The van der Waals surface area contributed by atoms with E-state index in [0.29, 0.717) is 6.42 Å². The quantitative estimate of drug-likeness (QED) is 0.501. The highest BCUT2D eigenvalue weighted by Crippen LogP contribution is 2.09. The number of unbranched alkanes of at least 4 members (excludes halogenated alkanes) is 3. The van der Waals surface area contributed by atoms with Crippen molar-refractivity contribution in [3.63, 3.8) is 0 Å². The van der Waals surface area contributed by atoms with Crippen LogP contribution in [0.5, 0.6) is 0 Å². The fourth-order valence-corrected chi connectivity index (χ4v) is 1.41. The third-order valence-corrected chi connectivity index (χ3v) is 2.16. The summed E-state index contributed by atoms with van der Waals surface area (Å²) in [5.41, 5.74) is 0. The number of hydrogen-bond donors (Lipinski definition) is 1. The molecule has 0 radical (unpaired) electrons. The lowest BCUT2D eigenvalue weighted by atomic mass is 10.1. The first kappa shape index (κ1) is 14.4. The first-order chi connectivity index (χ1) is 7.06. The van der Waals surface area contributed by atoms with Gasteiger partial charge in [-0.15, -0.1) is 0 Å². The van der Waals surface area contributed by atoms with Crippen LogP contribution in [0.1, 0.15) is 59.3 Å². The van der Waals surface area contributed by atoms with Gasteiger partial charge in [-0.2, -0.15) is 0 Å². The summed E-state index contributed by atoms with van der Waals surface area (Å²) >= 11 is 0. The Morgan fingerprint density at radius 1 is 1.27 bits per heavy atom. The highest BCUT2D eigenvalue weighted by Gasteiger charge is 2.12. The maximum Gasteiger partial charge on any atom is 0.308 e. The lowest BCUT2D eigenvalue weighted by molar-refractivity contribution is -0.149. The molecule has 0 spiro atoms. The maximum absolute atomic E-state index is 11.2. The Hall–Kier alpha value is -0.570. The number of hydrogen-bond acceptors (Lipinski definition) is 3.